The number of carbonyl (C=O) groups is 1. The lowest BCUT2D eigenvalue weighted by molar-refractivity contribution is -0.123. The van der Waals surface area contributed by atoms with Crippen molar-refractivity contribution < 1.29 is 9.53 Å². The van der Waals surface area contributed by atoms with E-state index in [9.17, 15) is 4.79 Å². The summed E-state index contributed by atoms with van der Waals surface area (Å²) in [6.07, 6.45) is 6.93. The van der Waals surface area contributed by atoms with E-state index in [1.807, 2.05) is 18.2 Å². The largest absolute Gasteiger partial charge is 0.484 e. The van der Waals surface area contributed by atoms with Gasteiger partial charge in [0.15, 0.2) is 6.61 Å². The Bertz CT molecular complexity index is 626. The Morgan fingerprint density at radius 3 is 3.00 bits per heavy atom. The molecule has 2 aromatic rings. The Morgan fingerprint density at radius 2 is 2.14 bits per heavy atom. The van der Waals surface area contributed by atoms with Crippen molar-refractivity contribution in [3.63, 3.8) is 0 Å². The summed E-state index contributed by atoms with van der Waals surface area (Å²) in [6, 6.07) is 9.87. The Morgan fingerprint density at radius 1 is 1.24 bits per heavy atom. The number of hydrogen-bond acceptors (Lipinski definition) is 3. The maximum atomic E-state index is 11.8. The van der Waals surface area contributed by atoms with Gasteiger partial charge in [0, 0.05) is 18.9 Å². The molecule has 0 radical (unpaired) electrons. The summed E-state index contributed by atoms with van der Waals surface area (Å²) in [6.45, 7) is 0.513. The first-order chi connectivity index (χ1) is 10.3. The third-order valence-corrected chi connectivity index (χ3v) is 3.65. The van der Waals surface area contributed by atoms with Crippen molar-refractivity contribution in [1.82, 2.24) is 10.3 Å². The van der Waals surface area contributed by atoms with E-state index in [0.29, 0.717) is 6.54 Å². The number of hydrogen-bond donors (Lipinski definition) is 1. The predicted molar refractivity (Wildman–Crippen MR) is 80.0 cm³/mol. The van der Waals surface area contributed by atoms with Gasteiger partial charge in [-0.05, 0) is 54.2 Å². The zero-order valence-corrected chi connectivity index (χ0v) is 11.8. The number of nitrogens with zero attached hydrogens (tertiary/aromatic N) is 1. The zero-order chi connectivity index (χ0) is 14.5. The van der Waals surface area contributed by atoms with E-state index in [4.69, 9.17) is 4.74 Å². The topological polar surface area (TPSA) is 51.2 Å². The van der Waals surface area contributed by atoms with Crippen molar-refractivity contribution in [2.75, 3.05) is 6.61 Å². The Kier molecular flexibility index (Phi) is 4.15. The lowest BCUT2D eigenvalue weighted by Crippen LogP contribution is -2.28. The molecular weight excluding hydrogens is 264 g/mol. The number of amides is 1. The molecule has 0 atom stereocenters. The number of benzene rings is 1. The zero-order valence-electron chi connectivity index (χ0n) is 11.8. The standard InChI is InChI=1S/C17H18N2O2/c20-17(19-11-13-3-2-8-18-10-13)12-21-16-7-6-14-4-1-5-15(14)9-16/h2-3,6-10H,1,4-5,11-12H2,(H,19,20). The van der Waals surface area contributed by atoms with Gasteiger partial charge in [-0.1, -0.05) is 12.1 Å². The summed E-state index contributed by atoms with van der Waals surface area (Å²) in [5.74, 6) is 0.645. The van der Waals surface area contributed by atoms with Crippen molar-refractivity contribution in [3.8, 4) is 5.75 Å². The third-order valence-electron chi connectivity index (χ3n) is 3.65. The maximum absolute atomic E-state index is 11.8. The molecule has 1 aliphatic carbocycles. The Hall–Kier alpha value is -2.36. The van der Waals surface area contributed by atoms with Crippen LogP contribution in [0, 0.1) is 0 Å². The highest BCUT2D eigenvalue weighted by Crippen LogP contribution is 2.25. The van der Waals surface area contributed by atoms with E-state index in [1.54, 1.807) is 12.4 Å². The molecule has 0 saturated carbocycles. The first kappa shape index (κ1) is 13.6. The number of fused-ring (bicyclic) bond motifs is 1. The predicted octanol–water partition coefficient (Wildman–Crippen LogP) is 2.27. The molecule has 0 aliphatic heterocycles. The molecule has 21 heavy (non-hydrogen) atoms. The Balaban J connectivity index is 1.47. The lowest BCUT2D eigenvalue weighted by atomic mass is 10.1. The molecule has 1 aromatic carbocycles. The Labute approximate surface area is 124 Å². The number of ether oxygens (including phenoxy) is 1. The van der Waals surface area contributed by atoms with Crippen molar-refractivity contribution in [1.29, 1.82) is 0 Å². The SMILES string of the molecule is O=C(COc1ccc2c(c1)CCC2)NCc1cccnc1. The fraction of sp³-hybridized carbons (Fsp3) is 0.294. The van der Waals surface area contributed by atoms with Crippen LogP contribution in [0.3, 0.4) is 0 Å². The fourth-order valence-electron chi connectivity index (χ4n) is 2.54. The highest BCUT2D eigenvalue weighted by molar-refractivity contribution is 5.77. The van der Waals surface area contributed by atoms with E-state index in [2.05, 4.69) is 22.4 Å². The van der Waals surface area contributed by atoms with Crippen LogP contribution in [-0.2, 0) is 24.2 Å². The summed E-state index contributed by atoms with van der Waals surface area (Å²) in [7, 11) is 0. The van der Waals surface area contributed by atoms with Gasteiger partial charge in [0.1, 0.15) is 5.75 Å². The second-order valence-corrected chi connectivity index (χ2v) is 5.21. The average molecular weight is 282 g/mol. The van der Waals surface area contributed by atoms with Crippen molar-refractivity contribution in [2.24, 2.45) is 0 Å². The second-order valence-electron chi connectivity index (χ2n) is 5.21. The van der Waals surface area contributed by atoms with Gasteiger partial charge in [-0.2, -0.15) is 0 Å². The minimum atomic E-state index is -0.126. The number of rotatable bonds is 5. The molecule has 1 aliphatic rings. The number of carbonyl (C=O) groups excluding carboxylic acids is 1. The molecule has 0 unspecified atom stereocenters. The third kappa shape index (κ3) is 3.60. The minimum Gasteiger partial charge on any atom is -0.484 e. The molecule has 3 rings (SSSR count). The van der Waals surface area contributed by atoms with E-state index in [1.165, 1.54) is 17.5 Å². The molecule has 108 valence electrons. The average Bonchev–Trinajstić information content (AvgIpc) is 2.99. The molecular formula is C17H18N2O2. The summed E-state index contributed by atoms with van der Waals surface area (Å²) in [4.78, 5) is 15.8. The fourth-order valence-corrected chi connectivity index (χ4v) is 2.54. The molecule has 1 aromatic heterocycles. The second kappa shape index (κ2) is 6.39. The van der Waals surface area contributed by atoms with Crippen molar-refractivity contribution >= 4 is 5.91 Å². The highest BCUT2D eigenvalue weighted by atomic mass is 16.5. The number of nitrogens with one attached hydrogen (secondary N) is 1. The van der Waals surface area contributed by atoms with Crippen LogP contribution < -0.4 is 10.1 Å². The molecule has 0 bridgehead atoms. The summed E-state index contributed by atoms with van der Waals surface area (Å²) >= 11 is 0. The van der Waals surface area contributed by atoms with Gasteiger partial charge in [-0.25, -0.2) is 0 Å². The molecule has 4 heteroatoms. The smallest absolute Gasteiger partial charge is 0.258 e. The van der Waals surface area contributed by atoms with Gasteiger partial charge in [0.25, 0.3) is 5.91 Å². The molecule has 0 saturated heterocycles. The van der Waals surface area contributed by atoms with E-state index in [-0.39, 0.29) is 12.5 Å². The lowest BCUT2D eigenvalue weighted by Gasteiger charge is -2.09. The molecule has 0 fully saturated rings. The number of aryl methyl sites for hydroxylation is 2. The molecule has 0 spiro atoms. The van der Waals surface area contributed by atoms with Gasteiger partial charge in [-0.15, -0.1) is 0 Å². The monoisotopic (exact) mass is 282 g/mol. The molecule has 1 amide bonds. The van der Waals surface area contributed by atoms with Gasteiger partial charge in [0.05, 0.1) is 0 Å². The molecule has 1 N–H and O–H groups in total. The maximum Gasteiger partial charge on any atom is 0.258 e. The van der Waals surface area contributed by atoms with Crippen LogP contribution in [-0.4, -0.2) is 17.5 Å². The number of pyridine rings is 1. The quantitative estimate of drug-likeness (QED) is 0.915. The van der Waals surface area contributed by atoms with E-state index >= 15 is 0 Å². The number of aromatic nitrogens is 1. The molecule has 4 nitrogen and oxygen atoms in total. The van der Waals surface area contributed by atoms with Crippen LogP contribution in [0.15, 0.2) is 42.7 Å². The van der Waals surface area contributed by atoms with Crippen LogP contribution in [0.5, 0.6) is 5.75 Å². The van der Waals surface area contributed by atoms with Crippen molar-refractivity contribution in [2.45, 2.75) is 25.8 Å². The molecule has 1 heterocycles. The van der Waals surface area contributed by atoms with Gasteiger partial charge >= 0.3 is 0 Å². The summed E-state index contributed by atoms with van der Waals surface area (Å²) in [5.41, 5.74) is 3.73. The van der Waals surface area contributed by atoms with E-state index < -0.39 is 0 Å². The summed E-state index contributed by atoms with van der Waals surface area (Å²) in [5, 5.41) is 2.82. The highest BCUT2D eigenvalue weighted by Gasteiger charge is 2.11. The van der Waals surface area contributed by atoms with Crippen LogP contribution in [0.25, 0.3) is 0 Å². The van der Waals surface area contributed by atoms with E-state index in [0.717, 1.165) is 24.2 Å². The van der Waals surface area contributed by atoms with Crippen LogP contribution in [0.4, 0.5) is 0 Å². The van der Waals surface area contributed by atoms with Crippen LogP contribution >= 0.6 is 0 Å². The van der Waals surface area contributed by atoms with Crippen LogP contribution in [0.1, 0.15) is 23.1 Å². The van der Waals surface area contributed by atoms with Crippen molar-refractivity contribution in [3.05, 3.63) is 59.4 Å². The minimum absolute atomic E-state index is 0.0407. The van der Waals surface area contributed by atoms with Crippen LogP contribution in [0.2, 0.25) is 0 Å². The van der Waals surface area contributed by atoms with Gasteiger partial charge in [0.2, 0.25) is 0 Å². The normalized spacial score (nSPS) is 12.8. The first-order valence-electron chi connectivity index (χ1n) is 7.21. The van der Waals surface area contributed by atoms with Gasteiger partial charge in [-0.3, -0.25) is 9.78 Å². The summed E-state index contributed by atoms with van der Waals surface area (Å²) < 4.78 is 5.55. The van der Waals surface area contributed by atoms with Gasteiger partial charge < -0.3 is 10.1 Å². The first-order valence-corrected chi connectivity index (χ1v) is 7.21.